The zero-order valence-electron chi connectivity index (χ0n) is 13.9. The van der Waals surface area contributed by atoms with Crippen molar-refractivity contribution in [3.05, 3.63) is 29.8 Å². The van der Waals surface area contributed by atoms with E-state index in [2.05, 4.69) is 0 Å². The van der Waals surface area contributed by atoms with Gasteiger partial charge in [0.25, 0.3) is 0 Å². The molecule has 1 aliphatic heterocycles. The van der Waals surface area contributed by atoms with E-state index in [-0.39, 0.29) is 30.2 Å². The third-order valence-electron chi connectivity index (χ3n) is 4.84. The van der Waals surface area contributed by atoms with Crippen LogP contribution in [0.2, 0.25) is 0 Å². The highest BCUT2D eigenvalue weighted by atomic mass is 32.2. The molecule has 0 spiro atoms. The van der Waals surface area contributed by atoms with Crippen LogP contribution in [-0.4, -0.2) is 42.3 Å². The van der Waals surface area contributed by atoms with Crippen LogP contribution >= 0.6 is 0 Å². The number of aliphatic hydroxyl groups is 1. The summed E-state index contributed by atoms with van der Waals surface area (Å²) in [6.45, 7) is 5.75. The standard InChI is InChI=1S/C17H25NO4S/c1-4-16(19)15-12-18(11-10-17(15,20)5-2)23(21,22)14-8-6-13(3)7-9-14/h6-9,15,20H,4-5,10-12H2,1-3H3/t15?,17-/m0/s1. The van der Waals surface area contributed by atoms with Crippen molar-refractivity contribution in [2.75, 3.05) is 13.1 Å². The van der Waals surface area contributed by atoms with Crippen molar-refractivity contribution in [1.82, 2.24) is 4.31 Å². The quantitative estimate of drug-likeness (QED) is 0.892. The van der Waals surface area contributed by atoms with Crippen molar-refractivity contribution >= 4 is 15.8 Å². The Kier molecular flexibility index (Phi) is 5.28. The number of Topliss-reactive ketones (excluding diaryl/α,β-unsaturated/α-hetero) is 1. The minimum atomic E-state index is -3.64. The number of sulfonamides is 1. The largest absolute Gasteiger partial charge is 0.389 e. The SMILES string of the molecule is CCC(=O)C1CN(S(=O)(=O)c2ccc(C)cc2)CC[C@@]1(O)CC. The number of carbonyl (C=O) groups is 1. The Balaban J connectivity index is 2.31. The smallest absolute Gasteiger partial charge is 0.243 e. The number of piperidine rings is 1. The molecule has 1 heterocycles. The molecular formula is C17H25NO4S. The van der Waals surface area contributed by atoms with Gasteiger partial charge in [-0.1, -0.05) is 31.5 Å². The van der Waals surface area contributed by atoms with Gasteiger partial charge in [0.1, 0.15) is 5.78 Å². The Morgan fingerprint density at radius 2 is 1.91 bits per heavy atom. The highest BCUT2D eigenvalue weighted by molar-refractivity contribution is 7.89. The Labute approximate surface area is 138 Å². The van der Waals surface area contributed by atoms with Crippen LogP contribution in [0.1, 0.15) is 38.7 Å². The number of carbonyl (C=O) groups excluding carboxylic acids is 1. The number of nitrogens with zero attached hydrogens (tertiary/aromatic N) is 1. The van der Waals surface area contributed by atoms with E-state index in [1.54, 1.807) is 31.2 Å². The van der Waals surface area contributed by atoms with Gasteiger partial charge in [0.2, 0.25) is 10.0 Å². The van der Waals surface area contributed by atoms with E-state index in [0.717, 1.165) is 5.56 Å². The van der Waals surface area contributed by atoms with Gasteiger partial charge in [-0.25, -0.2) is 8.42 Å². The number of aryl methyl sites for hydroxylation is 1. The second-order valence-corrected chi connectivity index (χ2v) is 8.19. The lowest BCUT2D eigenvalue weighted by Crippen LogP contribution is -2.55. The molecule has 1 aromatic rings. The molecular weight excluding hydrogens is 314 g/mol. The van der Waals surface area contributed by atoms with Gasteiger partial charge in [0.15, 0.2) is 0 Å². The summed E-state index contributed by atoms with van der Waals surface area (Å²) in [5, 5.41) is 10.7. The molecule has 2 rings (SSSR count). The van der Waals surface area contributed by atoms with E-state index in [4.69, 9.17) is 0 Å². The normalized spacial score (nSPS) is 26.2. The van der Waals surface area contributed by atoms with Gasteiger partial charge in [-0.2, -0.15) is 4.31 Å². The Morgan fingerprint density at radius 3 is 2.43 bits per heavy atom. The predicted molar refractivity (Wildman–Crippen MR) is 88.6 cm³/mol. The molecule has 6 heteroatoms. The maximum absolute atomic E-state index is 12.8. The van der Waals surface area contributed by atoms with Crippen molar-refractivity contribution in [3.63, 3.8) is 0 Å². The molecule has 2 atom stereocenters. The van der Waals surface area contributed by atoms with E-state index in [1.807, 2.05) is 13.8 Å². The van der Waals surface area contributed by atoms with E-state index >= 15 is 0 Å². The van der Waals surface area contributed by atoms with Gasteiger partial charge in [0, 0.05) is 19.5 Å². The Morgan fingerprint density at radius 1 is 1.30 bits per heavy atom. The maximum Gasteiger partial charge on any atom is 0.243 e. The number of benzene rings is 1. The lowest BCUT2D eigenvalue weighted by atomic mass is 9.77. The van der Waals surface area contributed by atoms with Crippen LogP contribution in [-0.2, 0) is 14.8 Å². The molecule has 0 aliphatic carbocycles. The average Bonchev–Trinajstić information content (AvgIpc) is 2.54. The van der Waals surface area contributed by atoms with Crippen LogP contribution in [0.25, 0.3) is 0 Å². The summed E-state index contributed by atoms with van der Waals surface area (Å²) in [7, 11) is -3.64. The number of rotatable bonds is 5. The zero-order chi connectivity index (χ0) is 17.3. The van der Waals surface area contributed by atoms with Crippen molar-refractivity contribution in [3.8, 4) is 0 Å². The van der Waals surface area contributed by atoms with Crippen LogP contribution in [0.15, 0.2) is 29.2 Å². The van der Waals surface area contributed by atoms with Crippen LogP contribution in [0.4, 0.5) is 0 Å². The summed E-state index contributed by atoms with van der Waals surface area (Å²) in [6.07, 6.45) is 1.03. The van der Waals surface area contributed by atoms with Crippen LogP contribution < -0.4 is 0 Å². The maximum atomic E-state index is 12.8. The second-order valence-electron chi connectivity index (χ2n) is 6.26. The number of hydrogen-bond acceptors (Lipinski definition) is 4. The molecule has 1 saturated heterocycles. The first kappa shape index (κ1) is 18.1. The van der Waals surface area contributed by atoms with Crippen molar-refractivity contribution in [2.45, 2.75) is 50.5 Å². The molecule has 0 amide bonds. The fourth-order valence-electron chi connectivity index (χ4n) is 3.11. The molecule has 5 nitrogen and oxygen atoms in total. The van der Waals surface area contributed by atoms with E-state index in [0.29, 0.717) is 12.8 Å². The van der Waals surface area contributed by atoms with Crippen molar-refractivity contribution in [1.29, 1.82) is 0 Å². The van der Waals surface area contributed by atoms with Crippen LogP contribution in [0.5, 0.6) is 0 Å². The first-order valence-electron chi connectivity index (χ1n) is 8.06. The third kappa shape index (κ3) is 3.49. The summed E-state index contributed by atoms with van der Waals surface area (Å²) >= 11 is 0. The van der Waals surface area contributed by atoms with Gasteiger partial charge in [-0.3, -0.25) is 4.79 Å². The topological polar surface area (TPSA) is 74.7 Å². The molecule has 128 valence electrons. The minimum absolute atomic E-state index is 0.0488. The van der Waals surface area contributed by atoms with E-state index < -0.39 is 21.5 Å². The van der Waals surface area contributed by atoms with Gasteiger partial charge in [-0.05, 0) is 31.9 Å². The molecule has 0 bridgehead atoms. The fourth-order valence-corrected chi connectivity index (χ4v) is 4.56. The molecule has 1 N–H and O–H groups in total. The zero-order valence-corrected chi connectivity index (χ0v) is 14.8. The second kappa shape index (κ2) is 6.71. The van der Waals surface area contributed by atoms with Crippen molar-refractivity contribution < 1.29 is 18.3 Å². The number of ketones is 1. The first-order chi connectivity index (χ1) is 10.7. The monoisotopic (exact) mass is 339 g/mol. The van der Waals surface area contributed by atoms with Crippen molar-refractivity contribution in [2.24, 2.45) is 5.92 Å². The summed E-state index contributed by atoms with van der Waals surface area (Å²) in [6, 6.07) is 6.69. The molecule has 0 saturated carbocycles. The fraction of sp³-hybridized carbons (Fsp3) is 0.588. The predicted octanol–water partition coefficient (Wildman–Crippen LogP) is 2.13. The molecule has 1 aromatic carbocycles. The minimum Gasteiger partial charge on any atom is -0.389 e. The average molecular weight is 339 g/mol. The summed E-state index contributed by atoms with van der Waals surface area (Å²) in [5.74, 6) is -0.746. The van der Waals surface area contributed by atoms with E-state index in [9.17, 15) is 18.3 Å². The highest BCUT2D eigenvalue weighted by Gasteiger charge is 2.46. The molecule has 23 heavy (non-hydrogen) atoms. The Bertz CT molecular complexity index is 668. The van der Waals surface area contributed by atoms with Crippen LogP contribution in [0, 0.1) is 12.8 Å². The molecule has 1 unspecified atom stereocenters. The summed E-state index contributed by atoms with van der Waals surface area (Å²) in [4.78, 5) is 12.4. The summed E-state index contributed by atoms with van der Waals surface area (Å²) in [5.41, 5.74) is -0.117. The lowest BCUT2D eigenvalue weighted by Gasteiger charge is -2.42. The third-order valence-corrected chi connectivity index (χ3v) is 6.72. The van der Waals surface area contributed by atoms with Gasteiger partial charge >= 0.3 is 0 Å². The van der Waals surface area contributed by atoms with E-state index in [1.165, 1.54) is 4.31 Å². The lowest BCUT2D eigenvalue weighted by molar-refractivity contribution is -0.137. The first-order valence-corrected chi connectivity index (χ1v) is 9.50. The molecule has 0 radical (unpaired) electrons. The molecule has 1 aliphatic rings. The van der Waals surface area contributed by atoms with Gasteiger partial charge in [-0.15, -0.1) is 0 Å². The Hall–Kier alpha value is -1.24. The van der Waals surface area contributed by atoms with Crippen LogP contribution in [0.3, 0.4) is 0 Å². The number of hydrogen-bond donors (Lipinski definition) is 1. The van der Waals surface area contributed by atoms with Gasteiger partial charge < -0.3 is 5.11 Å². The summed E-state index contributed by atoms with van der Waals surface area (Å²) < 4.78 is 26.9. The highest BCUT2D eigenvalue weighted by Crippen LogP contribution is 2.34. The van der Waals surface area contributed by atoms with Gasteiger partial charge in [0.05, 0.1) is 16.4 Å². The molecule has 0 aromatic heterocycles. The molecule has 1 fully saturated rings.